The second-order valence-electron chi connectivity index (χ2n) is 5.35. The van der Waals surface area contributed by atoms with Gasteiger partial charge in [0, 0.05) is 31.4 Å². The zero-order chi connectivity index (χ0) is 13.8. The number of likely N-dealkylation sites (N-methyl/N-ethyl adjacent to an activating group) is 1. The van der Waals surface area contributed by atoms with Crippen molar-refractivity contribution in [3.8, 4) is 0 Å². The second kappa shape index (κ2) is 6.06. The predicted octanol–water partition coefficient (Wildman–Crippen LogP) is 1.75. The van der Waals surface area contributed by atoms with E-state index in [4.69, 9.17) is 5.73 Å². The first-order valence-electron chi connectivity index (χ1n) is 6.92. The normalized spacial score (nSPS) is 15.7. The van der Waals surface area contributed by atoms with Crippen molar-refractivity contribution >= 4 is 11.6 Å². The summed E-state index contributed by atoms with van der Waals surface area (Å²) in [7, 11) is 1.87. The molecule has 1 amide bonds. The van der Waals surface area contributed by atoms with Gasteiger partial charge in [0.25, 0.3) is 5.91 Å². The van der Waals surface area contributed by atoms with Crippen molar-refractivity contribution in [1.29, 1.82) is 0 Å². The summed E-state index contributed by atoms with van der Waals surface area (Å²) in [4.78, 5) is 16.5. The summed E-state index contributed by atoms with van der Waals surface area (Å²) in [6, 6.07) is 5.47. The van der Waals surface area contributed by atoms with Crippen LogP contribution in [0.1, 0.15) is 28.8 Å². The van der Waals surface area contributed by atoms with Crippen molar-refractivity contribution in [3.05, 3.63) is 29.3 Å². The molecule has 4 nitrogen and oxygen atoms in total. The van der Waals surface area contributed by atoms with E-state index in [1.54, 1.807) is 17.0 Å². The predicted molar refractivity (Wildman–Crippen MR) is 78.2 cm³/mol. The van der Waals surface area contributed by atoms with Gasteiger partial charge >= 0.3 is 0 Å². The molecule has 0 aromatic heterocycles. The van der Waals surface area contributed by atoms with Gasteiger partial charge in [-0.25, -0.2) is 0 Å². The lowest BCUT2D eigenvalue weighted by atomic mass is 10.1. The summed E-state index contributed by atoms with van der Waals surface area (Å²) in [5, 5.41) is 0. The number of anilines is 1. The number of hydrogen-bond acceptors (Lipinski definition) is 3. The number of rotatable bonds is 4. The first-order valence-corrected chi connectivity index (χ1v) is 6.92. The summed E-state index contributed by atoms with van der Waals surface area (Å²) in [6.45, 7) is 6.01. The van der Waals surface area contributed by atoms with Crippen molar-refractivity contribution in [1.82, 2.24) is 9.80 Å². The monoisotopic (exact) mass is 261 g/mol. The van der Waals surface area contributed by atoms with Crippen LogP contribution in [0.2, 0.25) is 0 Å². The van der Waals surface area contributed by atoms with E-state index in [9.17, 15) is 4.79 Å². The van der Waals surface area contributed by atoms with Crippen molar-refractivity contribution in [2.75, 3.05) is 39.0 Å². The largest absolute Gasteiger partial charge is 0.399 e. The smallest absolute Gasteiger partial charge is 0.253 e. The van der Waals surface area contributed by atoms with Gasteiger partial charge in [-0.1, -0.05) is 0 Å². The number of carbonyl (C=O) groups excluding carboxylic acids is 1. The number of carbonyl (C=O) groups is 1. The first kappa shape index (κ1) is 13.9. The molecule has 1 saturated heterocycles. The van der Waals surface area contributed by atoms with Gasteiger partial charge in [0.05, 0.1) is 0 Å². The standard InChI is InChI=1S/C15H23N3O/c1-12-11-13(5-6-14(12)16)15(19)17(2)9-10-18-7-3-4-8-18/h5-6,11H,3-4,7-10,16H2,1-2H3. The molecule has 104 valence electrons. The van der Waals surface area contributed by atoms with E-state index in [2.05, 4.69) is 4.90 Å². The van der Waals surface area contributed by atoms with Gasteiger partial charge in [0.2, 0.25) is 0 Å². The molecule has 0 unspecified atom stereocenters. The summed E-state index contributed by atoms with van der Waals surface area (Å²) >= 11 is 0. The number of amides is 1. The molecule has 19 heavy (non-hydrogen) atoms. The number of nitrogens with two attached hydrogens (primary N) is 1. The van der Waals surface area contributed by atoms with Crippen LogP contribution in [0, 0.1) is 6.92 Å². The lowest BCUT2D eigenvalue weighted by Gasteiger charge is -2.21. The fourth-order valence-corrected chi connectivity index (χ4v) is 2.43. The van der Waals surface area contributed by atoms with E-state index in [0.717, 1.165) is 29.9 Å². The van der Waals surface area contributed by atoms with Crippen LogP contribution in [0.15, 0.2) is 18.2 Å². The van der Waals surface area contributed by atoms with Crippen LogP contribution in [0.4, 0.5) is 5.69 Å². The van der Waals surface area contributed by atoms with Crippen LogP contribution >= 0.6 is 0 Å². The van der Waals surface area contributed by atoms with Gasteiger partial charge < -0.3 is 15.5 Å². The number of nitrogens with zero attached hydrogens (tertiary/aromatic N) is 2. The van der Waals surface area contributed by atoms with Crippen LogP contribution in [0.5, 0.6) is 0 Å². The summed E-state index contributed by atoms with van der Waals surface area (Å²) in [5.41, 5.74) is 8.18. The molecule has 1 aliphatic heterocycles. The summed E-state index contributed by atoms with van der Waals surface area (Å²) in [5.74, 6) is 0.0716. The average Bonchev–Trinajstić information content (AvgIpc) is 2.91. The Kier molecular flexibility index (Phi) is 4.43. The van der Waals surface area contributed by atoms with Crippen LogP contribution in [-0.2, 0) is 0 Å². The molecular formula is C15H23N3O. The maximum Gasteiger partial charge on any atom is 0.253 e. The molecule has 4 heteroatoms. The van der Waals surface area contributed by atoms with E-state index in [1.807, 2.05) is 20.0 Å². The van der Waals surface area contributed by atoms with E-state index >= 15 is 0 Å². The third-order valence-electron chi connectivity index (χ3n) is 3.81. The Morgan fingerprint density at radius 2 is 2.05 bits per heavy atom. The molecule has 2 rings (SSSR count). The molecule has 2 N–H and O–H groups in total. The van der Waals surface area contributed by atoms with Crippen molar-refractivity contribution in [2.45, 2.75) is 19.8 Å². The number of nitrogen functional groups attached to an aromatic ring is 1. The molecule has 0 bridgehead atoms. The lowest BCUT2D eigenvalue weighted by molar-refractivity contribution is 0.0782. The number of likely N-dealkylation sites (tertiary alicyclic amines) is 1. The van der Waals surface area contributed by atoms with Crippen LogP contribution < -0.4 is 5.73 Å². The van der Waals surface area contributed by atoms with Gasteiger partial charge in [-0.05, 0) is 56.6 Å². The van der Waals surface area contributed by atoms with Crippen molar-refractivity contribution < 1.29 is 4.79 Å². The van der Waals surface area contributed by atoms with E-state index < -0.39 is 0 Å². The minimum Gasteiger partial charge on any atom is -0.399 e. The van der Waals surface area contributed by atoms with Crippen molar-refractivity contribution in [3.63, 3.8) is 0 Å². The van der Waals surface area contributed by atoms with E-state index in [1.165, 1.54) is 25.9 Å². The van der Waals surface area contributed by atoms with Gasteiger partial charge in [-0.2, -0.15) is 0 Å². The quantitative estimate of drug-likeness (QED) is 0.840. The number of aryl methyl sites for hydroxylation is 1. The molecule has 0 atom stereocenters. The fourth-order valence-electron chi connectivity index (χ4n) is 2.43. The van der Waals surface area contributed by atoms with Gasteiger partial charge in [0.1, 0.15) is 0 Å². The Bertz CT molecular complexity index is 453. The molecule has 0 spiro atoms. The minimum absolute atomic E-state index is 0.0716. The molecule has 1 aromatic carbocycles. The molecule has 0 radical (unpaired) electrons. The Balaban J connectivity index is 1.92. The third-order valence-corrected chi connectivity index (χ3v) is 3.81. The highest BCUT2D eigenvalue weighted by atomic mass is 16.2. The van der Waals surface area contributed by atoms with Crippen molar-refractivity contribution in [2.24, 2.45) is 0 Å². The van der Waals surface area contributed by atoms with Gasteiger partial charge in [-0.15, -0.1) is 0 Å². The summed E-state index contributed by atoms with van der Waals surface area (Å²) in [6.07, 6.45) is 2.57. The highest BCUT2D eigenvalue weighted by molar-refractivity contribution is 5.94. The fraction of sp³-hybridized carbons (Fsp3) is 0.533. The number of benzene rings is 1. The van der Waals surface area contributed by atoms with E-state index in [-0.39, 0.29) is 5.91 Å². The van der Waals surface area contributed by atoms with Gasteiger partial charge in [0.15, 0.2) is 0 Å². The summed E-state index contributed by atoms with van der Waals surface area (Å²) < 4.78 is 0. The molecule has 1 aliphatic rings. The molecule has 0 aliphatic carbocycles. The van der Waals surface area contributed by atoms with E-state index in [0.29, 0.717) is 0 Å². The van der Waals surface area contributed by atoms with Crippen LogP contribution in [-0.4, -0.2) is 48.9 Å². The molecule has 1 fully saturated rings. The molecule has 1 aromatic rings. The van der Waals surface area contributed by atoms with Gasteiger partial charge in [-0.3, -0.25) is 4.79 Å². The Hall–Kier alpha value is -1.55. The van der Waals surface area contributed by atoms with Crippen LogP contribution in [0.3, 0.4) is 0 Å². The Morgan fingerprint density at radius 3 is 2.68 bits per heavy atom. The zero-order valence-electron chi connectivity index (χ0n) is 11.9. The molecular weight excluding hydrogens is 238 g/mol. The average molecular weight is 261 g/mol. The zero-order valence-corrected chi connectivity index (χ0v) is 11.9. The molecule has 0 saturated carbocycles. The topological polar surface area (TPSA) is 49.6 Å². The lowest BCUT2D eigenvalue weighted by Crippen LogP contribution is -2.35. The minimum atomic E-state index is 0.0716. The maximum absolute atomic E-state index is 12.3. The Morgan fingerprint density at radius 1 is 1.37 bits per heavy atom. The highest BCUT2D eigenvalue weighted by Gasteiger charge is 2.15. The third kappa shape index (κ3) is 3.47. The SMILES string of the molecule is Cc1cc(C(=O)N(C)CCN2CCCC2)ccc1N. The van der Waals surface area contributed by atoms with Crippen LogP contribution in [0.25, 0.3) is 0 Å². The number of hydrogen-bond donors (Lipinski definition) is 1. The Labute approximate surface area is 115 Å². The highest BCUT2D eigenvalue weighted by Crippen LogP contribution is 2.14. The maximum atomic E-state index is 12.3. The second-order valence-corrected chi connectivity index (χ2v) is 5.35. The first-order chi connectivity index (χ1) is 9.08. The molecule has 1 heterocycles.